The van der Waals surface area contributed by atoms with E-state index in [1.54, 1.807) is 10.9 Å². The normalized spacial score (nSPS) is 10.5. The predicted molar refractivity (Wildman–Crippen MR) is 93.2 cm³/mol. The summed E-state index contributed by atoms with van der Waals surface area (Å²) in [4.78, 5) is 24.3. The Morgan fingerprint density at radius 3 is 2.44 bits per heavy atom. The number of nitrogens with zero attached hydrogens (tertiary/aromatic N) is 5. The number of aromatic nitrogens is 4. The Hall–Kier alpha value is -3.60. The third-order valence-corrected chi connectivity index (χ3v) is 4.04. The van der Waals surface area contributed by atoms with Gasteiger partial charge < -0.3 is 5.32 Å². The Bertz CT molecular complexity index is 1100. The Labute approximate surface area is 143 Å². The van der Waals surface area contributed by atoms with Crippen molar-refractivity contribution in [2.45, 2.75) is 6.92 Å². The van der Waals surface area contributed by atoms with Gasteiger partial charge in [-0.2, -0.15) is 10.4 Å². The number of nitrogens with one attached hydrogen (secondary N) is 1. The lowest BCUT2D eigenvalue weighted by Gasteiger charge is -2.13. The number of benzene rings is 1. The van der Waals surface area contributed by atoms with Gasteiger partial charge in [0.05, 0.1) is 23.3 Å². The topological polar surface area (TPSA) is 97.6 Å². The number of rotatable bonds is 3. The van der Waals surface area contributed by atoms with Crippen molar-refractivity contribution in [3.05, 3.63) is 68.6 Å². The van der Waals surface area contributed by atoms with Gasteiger partial charge >= 0.3 is 5.69 Å². The molecule has 126 valence electrons. The van der Waals surface area contributed by atoms with Crippen LogP contribution >= 0.6 is 0 Å². The third kappa shape index (κ3) is 2.61. The summed E-state index contributed by atoms with van der Waals surface area (Å²) in [5.74, 6) is 0.145. The number of hydrogen-bond donors (Lipinski definition) is 1. The van der Waals surface area contributed by atoms with Crippen molar-refractivity contribution in [1.29, 1.82) is 5.26 Å². The minimum Gasteiger partial charge on any atom is -0.337 e. The van der Waals surface area contributed by atoms with Gasteiger partial charge in [0.2, 0.25) is 0 Å². The van der Waals surface area contributed by atoms with Gasteiger partial charge in [0.15, 0.2) is 5.56 Å². The molecule has 0 radical (unpaired) electrons. The first-order valence-electron chi connectivity index (χ1n) is 7.53. The molecule has 1 N–H and O–H groups in total. The van der Waals surface area contributed by atoms with Gasteiger partial charge in [-0.3, -0.25) is 13.9 Å². The van der Waals surface area contributed by atoms with Crippen molar-refractivity contribution in [2.24, 2.45) is 14.1 Å². The molecule has 1 aromatic carbocycles. The smallest absolute Gasteiger partial charge is 0.332 e. The number of para-hydroxylation sites is 1. The second-order valence-electron chi connectivity index (χ2n) is 5.56. The molecule has 0 aliphatic carbocycles. The van der Waals surface area contributed by atoms with Gasteiger partial charge in [-0.25, -0.2) is 9.48 Å². The molecule has 2 heterocycles. The molecule has 0 fully saturated rings. The van der Waals surface area contributed by atoms with Crippen LogP contribution in [0.2, 0.25) is 0 Å². The SMILES string of the molecule is Cc1c(Nc2c(C#N)c(=O)n(C)c(=O)n2C)cnn1-c1ccccc1. The summed E-state index contributed by atoms with van der Waals surface area (Å²) in [6, 6.07) is 11.4. The van der Waals surface area contributed by atoms with Crippen LogP contribution in [0.4, 0.5) is 11.5 Å². The van der Waals surface area contributed by atoms with Crippen LogP contribution < -0.4 is 16.6 Å². The Morgan fingerprint density at radius 1 is 1.12 bits per heavy atom. The van der Waals surface area contributed by atoms with E-state index >= 15 is 0 Å². The van der Waals surface area contributed by atoms with Gasteiger partial charge in [0.25, 0.3) is 5.56 Å². The summed E-state index contributed by atoms with van der Waals surface area (Å²) in [6.07, 6.45) is 1.59. The summed E-state index contributed by atoms with van der Waals surface area (Å²) in [6.45, 7) is 1.85. The first-order valence-corrected chi connectivity index (χ1v) is 7.53. The highest BCUT2D eigenvalue weighted by Gasteiger charge is 2.17. The van der Waals surface area contributed by atoms with Crippen LogP contribution in [-0.2, 0) is 14.1 Å². The Kier molecular flexibility index (Phi) is 3.99. The minimum atomic E-state index is -0.638. The summed E-state index contributed by atoms with van der Waals surface area (Å²) >= 11 is 0. The molecule has 0 amide bonds. The zero-order chi connectivity index (χ0) is 18.1. The molecule has 3 rings (SSSR count). The zero-order valence-corrected chi connectivity index (χ0v) is 14.0. The minimum absolute atomic E-state index is 0.128. The number of anilines is 2. The molecular formula is C17H16N6O2. The van der Waals surface area contributed by atoms with Crippen molar-refractivity contribution in [3.63, 3.8) is 0 Å². The molecule has 0 saturated heterocycles. The average molecular weight is 336 g/mol. The third-order valence-electron chi connectivity index (χ3n) is 4.04. The first-order chi connectivity index (χ1) is 12.0. The molecular weight excluding hydrogens is 320 g/mol. The van der Waals surface area contributed by atoms with Crippen LogP contribution in [0, 0.1) is 18.3 Å². The fourth-order valence-electron chi connectivity index (χ4n) is 2.58. The van der Waals surface area contributed by atoms with E-state index in [4.69, 9.17) is 0 Å². The highest BCUT2D eigenvalue weighted by atomic mass is 16.2. The fraction of sp³-hybridized carbons (Fsp3) is 0.176. The van der Waals surface area contributed by atoms with Gasteiger partial charge in [-0.1, -0.05) is 18.2 Å². The molecule has 3 aromatic rings. The molecule has 8 nitrogen and oxygen atoms in total. The lowest BCUT2D eigenvalue weighted by Crippen LogP contribution is -2.39. The van der Waals surface area contributed by atoms with Crippen molar-refractivity contribution in [1.82, 2.24) is 18.9 Å². The summed E-state index contributed by atoms with van der Waals surface area (Å²) in [5.41, 5.74) is 0.982. The highest BCUT2D eigenvalue weighted by Crippen LogP contribution is 2.22. The Morgan fingerprint density at radius 2 is 1.80 bits per heavy atom. The molecule has 2 aromatic heterocycles. The maximum atomic E-state index is 12.2. The number of nitriles is 1. The van der Waals surface area contributed by atoms with E-state index in [9.17, 15) is 14.9 Å². The Balaban J connectivity index is 2.12. The van der Waals surface area contributed by atoms with E-state index in [1.807, 2.05) is 43.3 Å². The lowest BCUT2D eigenvalue weighted by molar-refractivity contribution is 0.689. The second-order valence-corrected chi connectivity index (χ2v) is 5.56. The molecule has 0 unspecified atom stereocenters. The van der Waals surface area contributed by atoms with Crippen LogP contribution in [-0.4, -0.2) is 18.9 Å². The largest absolute Gasteiger partial charge is 0.337 e. The molecule has 0 saturated carbocycles. The molecule has 8 heteroatoms. The summed E-state index contributed by atoms with van der Waals surface area (Å²) < 4.78 is 3.87. The van der Waals surface area contributed by atoms with E-state index in [-0.39, 0.29) is 11.4 Å². The van der Waals surface area contributed by atoms with Crippen molar-refractivity contribution in [3.8, 4) is 11.8 Å². The van der Waals surface area contributed by atoms with Crippen LogP contribution in [0.1, 0.15) is 11.3 Å². The number of hydrogen-bond acceptors (Lipinski definition) is 5. The highest BCUT2D eigenvalue weighted by molar-refractivity contribution is 5.64. The first kappa shape index (κ1) is 16.3. The van der Waals surface area contributed by atoms with E-state index in [0.29, 0.717) is 5.69 Å². The fourth-order valence-corrected chi connectivity index (χ4v) is 2.58. The van der Waals surface area contributed by atoms with Gasteiger partial charge in [-0.05, 0) is 19.1 Å². The molecule has 0 spiro atoms. The zero-order valence-electron chi connectivity index (χ0n) is 14.0. The van der Waals surface area contributed by atoms with Crippen molar-refractivity contribution >= 4 is 11.5 Å². The quantitative estimate of drug-likeness (QED) is 0.775. The standard InChI is InChI=1S/C17H16N6O2/c1-11-14(10-19-23(11)12-7-5-4-6-8-12)20-15-13(9-18)16(24)22(3)17(25)21(15)2/h4-8,10,20H,1-3H3. The maximum absolute atomic E-state index is 12.2. The van der Waals surface area contributed by atoms with E-state index in [1.165, 1.54) is 18.7 Å². The van der Waals surface area contributed by atoms with Crippen molar-refractivity contribution < 1.29 is 0 Å². The average Bonchev–Trinajstić information content (AvgIpc) is 2.99. The van der Waals surface area contributed by atoms with Crippen molar-refractivity contribution in [2.75, 3.05) is 5.32 Å². The van der Waals surface area contributed by atoms with E-state index < -0.39 is 11.2 Å². The van der Waals surface area contributed by atoms with E-state index in [0.717, 1.165) is 15.9 Å². The van der Waals surface area contributed by atoms with Crippen LogP contribution in [0.3, 0.4) is 0 Å². The van der Waals surface area contributed by atoms with Crippen LogP contribution in [0.15, 0.2) is 46.1 Å². The molecule has 25 heavy (non-hydrogen) atoms. The summed E-state index contributed by atoms with van der Waals surface area (Å²) in [7, 11) is 2.84. The maximum Gasteiger partial charge on any atom is 0.332 e. The van der Waals surface area contributed by atoms with Gasteiger partial charge in [0.1, 0.15) is 11.9 Å². The molecule has 0 aliphatic rings. The molecule has 0 aliphatic heterocycles. The second kappa shape index (κ2) is 6.13. The summed E-state index contributed by atoms with van der Waals surface area (Å²) in [5, 5.41) is 16.7. The van der Waals surface area contributed by atoms with Crippen LogP contribution in [0.25, 0.3) is 5.69 Å². The van der Waals surface area contributed by atoms with Gasteiger partial charge in [0, 0.05) is 14.1 Å². The van der Waals surface area contributed by atoms with E-state index in [2.05, 4.69) is 10.4 Å². The molecule has 0 bridgehead atoms. The van der Waals surface area contributed by atoms with Gasteiger partial charge in [-0.15, -0.1) is 0 Å². The molecule has 0 atom stereocenters. The van der Waals surface area contributed by atoms with Crippen LogP contribution in [0.5, 0.6) is 0 Å². The lowest BCUT2D eigenvalue weighted by atomic mass is 10.3. The monoisotopic (exact) mass is 336 g/mol. The predicted octanol–water partition coefficient (Wildman–Crippen LogP) is 1.19.